The molecule has 0 spiro atoms. The first-order valence-corrected chi connectivity index (χ1v) is 7.22. The lowest BCUT2D eigenvalue weighted by molar-refractivity contribution is 0.180. The lowest BCUT2D eigenvalue weighted by Gasteiger charge is -2.25. The molecule has 1 saturated heterocycles. The SMILES string of the molecule is COCc1c(OC)ccc(OC)c1CC1CCNCC1. The van der Waals surface area contributed by atoms with E-state index in [9.17, 15) is 0 Å². The first-order valence-electron chi connectivity index (χ1n) is 7.22. The molecule has 0 amide bonds. The molecule has 4 heteroatoms. The number of rotatable bonds is 6. The van der Waals surface area contributed by atoms with Crippen molar-refractivity contribution in [1.29, 1.82) is 0 Å². The van der Waals surface area contributed by atoms with Crippen LogP contribution in [0.4, 0.5) is 0 Å². The third kappa shape index (κ3) is 3.44. The van der Waals surface area contributed by atoms with Crippen LogP contribution >= 0.6 is 0 Å². The zero-order chi connectivity index (χ0) is 14.4. The normalized spacial score (nSPS) is 16.1. The van der Waals surface area contributed by atoms with E-state index in [2.05, 4.69) is 5.32 Å². The van der Waals surface area contributed by atoms with Crippen molar-refractivity contribution >= 4 is 0 Å². The maximum Gasteiger partial charge on any atom is 0.124 e. The summed E-state index contributed by atoms with van der Waals surface area (Å²) in [5.41, 5.74) is 2.36. The molecule has 0 unspecified atom stereocenters. The predicted molar refractivity (Wildman–Crippen MR) is 79.6 cm³/mol. The highest BCUT2D eigenvalue weighted by molar-refractivity contribution is 5.48. The second-order valence-corrected chi connectivity index (χ2v) is 5.26. The van der Waals surface area contributed by atoms with Gasteiger partial charge in [-0.2, -0.15) is 0 Å². The molecule has 0 aromatic heterocycles. The van der Waals surface area contributed by atoms with E-state index < -0.39 is 0 Å². The van der Waals surface area contributed by atoms with E-state index in [1.54, 1.807) is 21.3 Å². The van der Waals surface area contributed by atoms with Crippen molar-refractivity contribution in [1.82, 2.24) is 5.32 Å². The van der Waals surface area contributed by atoms with Crippen molar-refractivity contribution in [3.05, 3.63) is 23.3 Å². The van der Waals surface area contributed by atoms with Gasteiger partial charge in [-0.15, -0.1) is 0 Å². The van der Waals surface area contributed by atoms with Gasteiger partial charge < -0.3 is 19.5 Å². The molecule has 1 fully saturated rings. The fourth-order valence-electron chi connectivity index (χ4n) is 2.93. The maximum atomic E-state index is 5.55. The first-order chi connectivity index (χ1) is 9.80. The maximum absolute atomic E-state index is 5.55. The second-order valence-electron chi connectivity index (χ2n) is 5.26. The Morgan fingerprint density at radius 3 is 2.15 bits per heavy atom. The Balaban J connectivity index is 2.30. The van der Waals surface area contributed by atoms with Crippen molar-refractivity contribution in [2.75, 3.05) is 34.4 Å². The summed E-state index contributed by atoms with van der Waals surface area (Å²) in [5.74, 6) is 2.53. The van der Waals surface area contributed by atoms with Crippen LogP contribution in [0.15, 0.2) is 12.1 Å². The Morgan fingerprint density at radius 1 is 1.00 bits per heavy atom. The van der Waals surface area contributed by atoms with Gasteiger partial charge in [0.25, 0.3) is 0 Å². The predicted octanol–water partition coefficient (Wildman–Crippen LogP) is 2.39. The fraction of sp³-hybridized carbons (Fsp3) is 0.625. The van der Waals surface area contributed by atoms with E-state index in [1.165, 1.54) is 18.4 Å². The Morgan fingerprint density at radius 2 is 1.60 bits per heavy atom. The zero-order valence-electron chi connectivity index (χ0n) is 12.7. The smallest absolute Gasteiger partial charge is 0.124 e. The van der Waals surface area contributed by atoms with Crippen LogP contribution in [0, 0.1) is 5.92 Å². The largest absolute Gasteiger partial charge is 0.496 e. The summed E-state index contributed by atoms with van der Waals surface area (Å²) >= 11 is 0. The molecule has 1 aliphatic heterocycles. The molecule has 2 rings (SSSR count). The van der Waals surface area contributed by atoms with Gasteiger partial charge in [-0.25, -0.2) is 0 Å². The summed E-state index contributed by atoms with van der Waals surface area (Å²) in [6, 6.07) is 3.95. The van der Waals surface area contributed by atoms with Gasteiger partial charge in [0.15, 0.2) is 0 Å². The number of hydrogen-bond donors (Lipinski definition) is 1. The van der Waals surface area contributed by atoms with Crippen LogP contribution in [-0.4, -0.2) is 34.4 Å². The topological polar surface area (TPSA) is 39.7 Å². The van der Waals surface area contributed by atoms with Crippen molar-refractivity contribution < 1.29 is 14.2 Å². The van der Waals surface area contributed by atoms with Crippen LogP contribution in [0.5, 0.6) is 11.5 Å². The molecular formula is C16H25NO3. The lowest BCUT2D eigenvalue weighted by atomic mass is 9.88. The second kappa shape index (κ2) is 7.50. The Bertz CT molecular complexity index is 428. The molecule has 1 heterocycles. The van der Waals surface area contributed by atoms with Gasteiger partial charge in [-0.3, -0.25) is 0 Å². The number of methoxy groups -OCH3 is 3. The summed E-state index contributed by atoms with van der Waals surface area (Å²) in [7, 11) is 5.15. The molecule has 0 radical (unpaired) electrons. The third-order valence-corrected chi connectivity index (χ3v) is 4.03. The Hall–Kier alpha value is -1.26. The molecule has 20 heavy (non-hydrogen) atoms. The van der Waals surface area contributed by atoms with Gasteiger partial charge in [0.1, 0.15) is 11.5 Å². The number of benzene rings is 1. The molecule has 1 aromatic rings. The van der Waals surface area contributed by atoms with Gasteiger partial charge in [0, 0.05) is 18.2 Å². The Labute approximate surface area is 121 Å². The molecule has 1 N–H and O–H groups in total. The molecule has 4 nitrogen and oxygen atoms in total. The molecule has 0 saturated carbocycles. The third-order valence-electron chi connectivity index (χ3n) is 4.03. The first kappa shape index (κ1) is 15.1. The molecule has 1 aliphatic rings. The van der Waals surface area contributed by atoms with Crippen LogP contribution in [0.1, 0.15) is 24.0 Å². The monoisotopic (exact) mass is 279 g/mol. The summed E-state index contributed by atoms with van der Waals surface area (Å²) in [5, 5.41) is 3.41. The molecule has 0 bridgehead atoms. The van der Waals surface area contributed by atoms with Crippen molar-refractivity contribution in [3.63, 3.8) is 0 Å². The number of nitrogens with one attached hydrogen (secondary N) is 1. The molecular weight excluding hydrogens is 254 g/mol. The quantitative estimate of drug-likeness (QED) is 0.868. The fourth-order valence-corrected chi connectivity index (χ4v) is 2.93. The molecule has 0 atom stereocenters. The van der Waals surface area contributed by atoms with E-state index >= 15 is 0 Å². The molecule has 1 aromatic carbocycles. The highest BCUT2D eigenvalue weighted by atomic mass is 16.5. The van der Waals surface area contributed by atoms with Crippen LogP contribution in [-0.2, 0) is 17.8 Å². The standard InChI is InChI=1S/C16H25NO3/c1-18-11-14-13(10-12-6-8-17-9-7-12)15(19-2)4-5-16(14)20-3/h4-5,12,17H,6-11H2,1-3H3. The van der Waals surface area contributed by atoms with Crippen LogP contribution in [0.2, 0.25) is 0 Å². The van der Waals surface area contributed by atoms with Gasteiger partial charge >= 0.3 is 0 Å². The average molecular weight is 279 g/mol. The minimum Gasteiger partial charge on any atom is -0.496 e. The van der Waals surface area contributed by atoms with Crippen LogP contribution < -0.4 is 14.8 Å². The summed E-state index contributed by atoms with van der Waals surface area (Å²) in [4.78, 5) is 0. The van der Waals surface area contributed by atoms with E-state index in [-0.39, 0.29) is 0 Å². The zero-order valence-corrected chi connectivity index (χ0v) is 12.7. The average Bonchev–Trinajstić information content (AvgIpc) is 2.50. The minimum absolute atomic E-state index is 0.556. The number of piperidine rings is 1. The summed E-state index contributed by atoms with van der Waals surface area (Å²) < 4.78 is 16.4. The number of hydrogen-bond acceptors (Lipinski definition) is 4. The number of ether oxygens (including phenoxy) is 3. The van der Waals surface area contributed by atoms with Crippen molar-refractivity contribution in [3.8, 4) is 11.5 Å². The van der Waals surface area contributed by atoms with Crippen LogP contribution in [0.25, 0.3) is 0 Å². The van der Waals surface area contributed by atoms with Crippen LogP contribution in [0.3, 0.4) is 0 Å². The van der Waals surface area contributed by atoms with E-state index in [4.69, 9.17) is 14.2 Å². The van der Waals surface area contributed by atoms with E-state index in [1.807, 2.05) is 12.1 Å². The van der Waals surface area contributed by atoms with Crippen molar-refractivity contribution in [2.45, 2.75) is 25.9 Å². The highest BCUT2D eigenvalue weighted by Gasteiger charge is 2.20. The van der Waals surface area contributed by atoms with E-state index in [0.717, 1.165) is 36.6 Å². The van der Waals surface area contributed by atoms with Gasteiger partial charge in [0.2, 0.25) is 0 Å². The lowest BCUT2D eigenvalue weighted by Crippen LogP contribution is -2.29. The van der Waals surface area contributed by atoms with Crippen molar-refractivity contribution in [2.24, 2.45) is 5.92 Å². The van der Waals surface area contributed by atoms with Gasteiger partial charge in [-0.1, -0.05) is 0 Å². The summed E-state index contributed by atoms with van der Waals surface area (Å²) in [6.07, 6.45) is 3.46. The highest BCUT2D eigenvalue weighted by Crippen LogP contribution is 2.34. The molecule has 0 aliphatic carbocycles. The van der Waals surface area contributed by atoms with Gasteiger partial charge in [0.05, 0.1) is 20.8 Å². The Kier molecular flexibility index (Phi) is 5.68. The minimum atomic E-state index is 0.556. The summed E-state index contributed by atoms with van der Waals surface area (Å²) in [6.45, 7) is 2.77. The molecule has 112 valence electrons. The van der Waals surface area contributed by atoms with Gasteiger partial charge in [-0.05, 0) is 50.4 Å². The van der Waals surface area contributed by atoms with E-state index in [0.29, 0.717) is 12.5 Å².